The molecule has 0 saturated heterocycles. The third kappa shape index (κ3) is 9.42. The lowest BCUT2D eigenvalue weighted by Gasteiger charge is -2.32. The van der Waals surface area contributed by atoms with Crippen LogP contribution in [0, 0.1) is 5.41 Å². The number of ether oxygens (including phenoxy) is 1. The van der Waals surface area contributed by atoms with Crippen molar-refractivity contribution in [1.82, 2.24) is 9.55 Å². The molecule has 0 fully saturated rings. The van der Waals surface area contributed by atoms with Gasteiger partial charge in [-0.1, -0.05) is 215 Å². The van der Waals surface area contributed by atoms with E-state index in [0.29, 0.717) is 6.67 Å². The Bertz CT molecular complexity index is 3730. The molecule has 2 aromatic heterocycles. The van der Waals surface area contributed by atoms with Crippen LogP contribution >= 0.6 is 0 Å². The molecule has 1 aliphatic heterocycles. The molecule has 0 spiro atoms. The molecular weight excluding hydrogens is 913 g/mol. The first-order chi connectivity index (χ1) is 35.9. The van der Waals surface area contributed by atoms with Crippen LogP contribution in [-0.4, -0.2) is 16.2 Å². The monoisotopic (exact) mass is 981 g/mol. The summed E-state index contributed by atoms with van der Waals surface area (Å²) in [4.78, 5) is 9.99. The van der Waals surface area contributed by atoms with E-state index in [1.807, 2.05) is 6.20 Å². The van der Waals surface area contributed by atoms with Crippen molar-refractivity contribution >= 4 is 33.2 Å². The van der Waals surface area contributed by atoms with E-state index < -0.39 is 5.41 Å². The molecular formula is C70H68N4O. The van der Waals surface area contributed by atoms with Crippen molar-refractivity contribution in [2.75, 3.05) is 16.5 Å². The third-order valence-corrected chi connectivity index (χ3v) is 15.5. The molecule has 75 heavy (non-hydrogen) atoms. The van der Waals surface area contributed by atoms with Crippen molar-refractivity contribution in [1.29, 1.82) is 0 Å². The molecule has 374 valence electrons. The van der Waals surface area contributed by atoms with Gasteiger partial charge in [0, 0.05) is 68.6 Å². The molecule has 3 heterocycles. The highest BCUT2D eigenvalue weighted by Crippen LogP contribution is 2.47. The summed E-state index contributed by atoms with van der Waals surface area (Å²) in [5, 5.41) is 2.37. The van der Waals surface area contributed by atoms with Crippen LogP contribution in [0.4, 0.5) is 11.4 Å². The maximum Gasteiger partial charge on any atom is 0.137 e. The number of allylic oxidation sites excluding steroid dienone is 1. The minimum atomic E-state index is -0.398. The smallest absolute Gasteiger partial charge is 0.137 e. The van der Waals surface area contributed by atoms with Crippen LogP contribution in [0.25, 0.3) is 49.9 Å². The number of hydrogen-bond donors (Lipinski definition) is 0. The molecule has 10 aromatic rings. The van der Waals surface area contributed by atoms with E-state index in [2.05, 4.69) is 296 Å². The van der Waals surface area contributed by atoms with Gasteiger partial charge in [0.15, 0.2) is 0 Å². The highest BCUT2D eigenvalue weighted by atomic mass is 16.5. The van der Waals surface area contributed by atoms with E-state index >= 15 is 0 Å². The lowest BCUT2D eigenvalue weighted by molar-refractivity contribution is 0.479. The Kier molecular flexibility index (Phi) is 12.4. The number of nitrogens with zero attached hydrogens (tertiary/aromatic N) is 4. The summed E-state index contributed by atoms with van der Waals surface area (Å²) in [6.45, 7) is 23.7. The summed E-state index contributed by atoms with van der Waals surface area (Å²) in [5.74, 6) is 2.40. The highest BCUT2D eigenvalue weighted by Gasteiger charge is 2.34. The van der Waals surface area contributed by atoms with Crippen molar-refractivity contribution in [3.63, 3.8) is 0 Å². The highest BCUT2D eigenvalue weighted by molar-refractivity contribution is 6.12. The van der Waals surface area contributed by atoms with E-state index in [0.717, 1.165) is 50.9 Å². The van der Waals surface area contributed by atoms with E-state index in [1.165, 1.54) is 55.4 Å². The van der Waals surface area contributed by atoms with E-state index in [1.54, 1.807) is 0 Å². The van der Waals surface area contributed by atoms with Gasteiger partial charge in [0.05, 0.1) is 17.7 Å². The largest absolute Gasteiger partial charge is 0.457 e. The molecule has 0 saturated carbocycles. The van der Waals surface area contributed by atoms with Gasteiger partial charge >= 0.3 is 0 Å². The predicted octanol–water partition coefficient (Wildman–Crippen LogP) is 18.4. The molecule has 0 atom stereocenters. The Hall–Kier alpha value is -8.15. The van der Waals surface area contributed by atoms with Crippen molar-refractivity contribution in [3.05, 3.63) is 252 Å². The van der Waals surface area contributed by atoms with Gasteiger partial charge in [0.1, 0.15) is 17.3 Å². The standard InChI is InChI=1S/C70H68N4O/c1-67(2,3)54-35-36-71-65(42-54)74-62-34-24-23-33-60(62)66-61(70(9,10)53-31-21-14-22-32-53)44-59(45-63(66)74)75-58-40-51(49-27-17-12-18-28-49)39-57(43-58)73-47-72(46-64(73)68(4,5)6)56-38-50(48-25-15-11-16-26-48)37-55(41-56)69(7,8)52-29-19-13-20-30-52/h11-46H,47H2,1-10H3. The maximum atomic E-state index is 7.38. The number of fused-ring (bicyclic) bond motifs is 3. The Morgan fingerprint density at radius 2 is 0.987 bits per heavy atom. The summed E-state index contributed by atoms with van der Waals surface area (Å²) >= 11 is 0. The Labute approximate surface area is 444 Å². The fourth-order valence-corrected chi connectivity index (χ4v) is 11.0. The molecule has 0 aliphatic carbocycles. The van der Waals surface area contributed by atoms with Crippen LogP contribution in [0.3, 0.4) is 0 Å². The van der Waals surface area contributed by atoms with Gasteiger partial charge < -0.3 is 14.5 Å². The third-order valence-electron chi connectivity index (χ3n) is 15.5. The molecule has 8 aromatic carbocycles. The minimum Gasteiger partial charge on any atom is -0.457 e. The Balaban J connectivity index is 1.07. The fraction of sp³-hybridized carbons (Fsp3) is 0.214. The van der Waals surface area contributed by atoms with Crippen molar-refractivity contribution in [2.24, 2.45) is 5.41 Å². The van der Waals surface area contributed by atoms with Crippen LogP contribution in [-0.2, 0) is 16.2 Å². The van der Waals surface area contributed by atoms with E-state index in [-0.39, 0.29) is 16.2 Å². The van der Waals surface area contributed by atoms with Gasteiger partial charge in [0.25, 0.3) is 0 Å². The SMILES string of the molecule is CC(C)(C)C1=CN(c2cc(-c3ccccc3)cc(C(C)(C)c3ccccc3)c2)CN1c1cc(Oc2cc(C(C)(C)c3ccccc3)c3c4ccccc4n(-c4cc(C(C)(C)C)ccn4)c3c2)cc(-c2ccccc2)c1. The molecule has 0 radical (unpaired) electrons. The number of pyridine rings is 1. The fourth-order valence-electron chi connectivity index (χ4n) is 11.0. The lowest BCUT2D eigenvalue weighted by atomic mass is 9.76. The average Bonchev–Trinajstić information content (AvgIpc) is 4.05. The number of rotatable bonds is 11. The van der Waals surface area contributed by atoms with Crippen LogP contribution < -0.4 is 14.5 Å². The zero-order valence-electron chi connectivity index (χ0n) is 45.2. The van der Waals surface area contributed by atoms with Crippen LogP contribution in [0.2, 0.25) is 0 Å². The van der Waals surface area contributed by atoms with E-state index in [4.69, 9.17) is 9.72 Å². The lowest BCUT2D eigenvalue weighted by Crippen LogP contribution is -2.30. The second-order valence-corrected chi connectivity index (χ2v) is 23.5. The summed E-state index contributed by atoms with van der Waals surface area (Å²) in [6, 6.07) is 74.7. The van der Waals surface area contributed by atoms with Crippen LogP contribution in [0.1, 0.15) is 97.1 Å². The second kappa shape index (κ2) is 19.0. The molecule has 0 bridgehead atoms. The van der Waals surface area contributed by atoms with Gasteiger partial charge in [-0.2, -0.15) is 0 Å². The molecule has 1 aliphatic rings. The Morgan fingerprint density at radius 3 is 1.61 bits per heavy atom. The second-order valence-electron chi connectivity index (χ2n) is 23.5. The summed E-state index contributed by atoms with van der Waals surface area (Å²) in [5.41, 5.74) is 15.5. The van der Waals surface area contributed by atoms with Crippen LogP contribution in [0.15, 0.2) is 224 Å². The van der Waals surface area contributed by atoms with Gasteiger partial charge in [-0.05, 0) is 104 Å². The molecule has 0 unspecified atom stereocenters. The number of para-hydroxylation sites is 1. The van der Waals surface area contributed by atoms with Crippen molar-refractivity contribution < 1.29 is 4.74 Å². The van der Waals surface area contributed by atoms with Gasteiger partial charge in [-0.3, -0.25) is 4.57 Å². The first-order valence-corrected chi connectivity index (χ1v) is 26.4. The number of anilines is 2. The summed E-state index contributed by atoms with van der Waals surface area (Å²) < 4.78 is 9.72. The molecule has 5 heteroatoms. The number of aromatic nitrogens is 2. The van der Waals surface area contributed by atoms with Gasteiger partial charge in [-0.25, -0.2) is 4.98 Å². The zero-order valence-corrected chi connectivity index (χ0v) is 45.2. The zero-order chi connectivity index (χ0) is 52.3. The molecule has 5 nitrogen and oxygen atoms in total. The average molecular weight is 981 g/mol. The van der Waals surface area contributed by atoms with E-state index in [9.17, 15) is 0 Å². The number of hydrogen-bond acceptors (Lipinski definition) is 4. The van der Waals surface area contributed by atoms with Gasteiger partial charge in [0.2, 0.25) is 0 Å². The molecule has 0 amide bonds. The normalized spacial score (nSPS) is 13.4. The predicted molar refractivity (Wildman–Crippen MR) is 316 cm³/mol. The topological polar surface area (TPSA) is 33.5 Å². The summed E-state index contributed by atoms with van der Waals surface area (Å²) in [6.07, 6.45) is 4.32. The quantitative estimate of drug-likeness (QED) is 0.129. The molecule has 0 N–H and O–H groups in total. The minimum absolute atomic E-state index is 0.0600. The van der Waals surface area contributed by atoms with Gasteiger partial charge in [-0.15, -0.1) is 0 Å². The van der Waals surface area contributed by atoms with Crippen molar-refractivity contribution in [3.8, 4) is 39.6 Å². The number of benzene rings is 8. The van der Waals surface area contributed by atoms with Crippen LogP contribution in [0.5, 0.6) is 11.5 Å². The summed E-state index contributed by atoms with van der Waals surface area (Å²) in [7, 11) is 0. The first kappa shape index (κ1) is 49.1. The Morgan fingerprint density at radius 1 is 0.427 bits per heavy atom. The maximum absolute atomic E-state index is 7.38. The molecule has 11 rings (SSSR count). The first-order valence-electron chi connectivity index (χ1n) is 26.4. The van der Waals surface area contributed by atoms with Crippen molar-refractivity contribution in [2.45, 2.75) is 85.5 Å².